The van der Waals surface area contributed by atoms with Crippen molar-refractivity contribution in [2.75, 3.05) is 26.7 Å². The highest BCUT2D eigenvalue weighted by atomic mass is 32.2. The smallest absolute Gasteiger partial charge is 0.256 e. The summed E-state index contributed by atoms with van der Waals surface area (Å²) in [6, 6.07) is 5.14. The number of thiophene rings is 1. The average Bonchev–Trinajstić information content (AvgIpc) is 3.05. The molecule has 1 saturated heterocycles. The van der Waals surface area contributed by atoms with E-state index in [0.29, 0.717) is 25.4 Å². The zero-order valence-electron chi connectivity index (χ0n) is 12.1. The van der Waals surface area contributed by atoms with Crippen molar-refractivity contribution in [2.24, 2.45) is 0 Å². The van der Waals surface area contributed by atoms with Gasteiger partial charge < -0.3 is 10.1 Å². The monoisotopic (exact) mass is 339 g/mol. The summed E-state index contributed by atoms with van der Waals surface area (Å²) >= 11 is 1.18. The average molecular weight is 339 g/mol. The van der Waals surface area contributed by atoms with Gasteiger partial charge in [0.25, 0.3) is 10.0 Å². The van der Waals surface area contributed by atoms with Gasteiger partial charge >= 0.3 is 0 Å². The van der Waals surface area contributed by atoms with Crippen LogP contribution >= 0.6 is 11.3 Å². The first-order chi connectivity index (χ1) is 10.6. The molecule has 1 N–H and O–H groups in total. The number of ether oxygens (including phenoxy) is 1. The van der Waals surface area contributed by atoms with Gasteiger partial charge in [0, 0.05) is 32.0 Å². The lowest BCUT2D eigenvalue weighted by molar-refractivity contribution is 0.270. The molecule has 3 rings (SSSR count). The molecule has 0 bridgehead atoms. The van der Waals surface area contributed by atoms with Crippen molar-refractivity contribution in [1.82, 2.24) is 14.6 Å². The first-order valence-electron chi connectivity index (χ1n) is 6.88. The van der Waals surface area contributed by atoms with E-state index in [2.05, 4.69) is 10.3 Å². The van der Waals surface area contributed by atoms with Gasteiger partial charge in [-0.3, -0.25) is 4.98 Å². The first-order valence-corrected chi connectivity index (χ1v) is 9.20. The molecule has 2 aromatic heterocycles. The number of hydrogen-bond donors (Lipinski definition) is 1. The van der Waals surface area contributed by atoms with E-state index in [4.69, 9.17) is 4.74 Å². The molecule has 1 aliphatic heterocycles. The van der Waals surface area contributed by atoms with Crippen molar-refractivity contribution in [3.8, 4) is 5.75 Å². The Kier molecular flexibility index (Phi) is 4.44. The first kappa shape index (κ1) is 15.4. The lowest BCUT2D eigenvalue weighted by atomic mass is 10.1. The Bertz CT molecular complexity index is 731. The molecule has 0 radical (unpaired) electrons. The lowest BCUT2D eigenvalue weighted by Crippen LogP contribution is -2.48. The molecule has 0 saturated carbocycles. The Morgan fingerprint density at radius 2 is 2.32 bits per heavy atom. The molecule has 6 nitrogen and oxygen atoms in total. The van der Waals surface area contributed by atoms with Gasteiger partial charge in [0.2, 0.25) is 0 Å². The summed E-state index contributed by atoms with van der Waals surface area (Å²) in [4.78, 5) is 4.10. The Morgan fingerprint density at radius 1 is 1.45 bits per heavy atom. The summed E-state index contributed by atoms with van der Waals surface area (Å²) < 4.78 is 33.0. The maximum atomic E-state index is 13.0. The molecular weight excluding hydrogens is 322 g/mol. The van der Waals surface area contributed by atoms with Crippen molar-refractivity contribution < 1.29 is 13.2 Å². The summed E-state index contributed by atoms with van der Waals surface area (Å²) in [5.41, 5.74) is 0.883. The van der Waals surface area contributed by atoms with Gasteiger partial charge in [-0.25, -0.2) is 8.42 Å². The van der Waals surface area contributed by atoms with Crippen LogP contribution in [0.5, 0.6) is 5.75 Å². The molecule has 1 fully saturated rings. The van der Waals surface area contributed by atoms with Crippen molar-refractivity contribution in [3.63, 3.8) is 0 Å². The van der Waals surface area contributed by atoms with Crippen LogP contribution in [0.2, 0.25) is 0 Å². The second-order valence-corrected chi connectivity index (χ2v) is 7.90. The van der Waals surface area contributed by atoms with Crippen LogP contribution in [-0.4, -0.2) is 44.5 Å². The number of nitrogens with one attached hydrogen (secondary N) is 1. The van der Waals surface area contributed by atoms with Crippen molar-refractivity contribution in [1.29, 1.82) is 0 Å². The minimum atomic E-state index is -3.60. The number of piperazine rings is 1. The van der Waals surface area contributed by atoms with E-state index >= 15 is 0 Å². The van der Waals surface area contributed by atoms with Crippen molar-refractivity contribution in [3.05, 3.63) is 41.5 Å². The minimum Gasteiger partial charge on any atom is -0.494 e. The third-order valence-electron chi connectivity index (χ3n) is 3.62. The molecule has 0 spiro atoms. The fourth-order valence-electron chi connectivity index (χ4n) is 2.56. The highest BCUT2D eigenvalue weighted by Crippen LogP contribution is 2.36. The van der Waals surface area contributed by atoms with Crippen LogP contribution < -0.4 is 10.1 Å². The predicted octanol–water partition coefficient (Wildman–Crippen LogP) is 1.49. The van der Waals surface area contributed by atoms with E-state index in [1.807, 2.05) is 12.1 Å². The molecule has 0 amide bonds. The number of nitrogens with zero attached hydrogens (tertiary/aromatic N) is 2. The number of methoxy groups -OCH3 is 1. The fraction of sp³-hybridized carbons (Fsp3) is 0.357. The van der Waals surface area contributed by atoms with Gasteiger partial charge in [0.1, 0.15) is 5.75 Å². The highest BCUT2D eigenvalue weighted by molar-refractivity contribution is 7.91. The van der Waals surface area contributed by atoms with E-state index in [1.54, 1.807) is 23.8 Å². The largest absolute Gasteiger partial charge is 0.494 e. The summed E-state index contributed by atoms with van der Waals surface area (Å²) in [5, 5.41) is 4.98. The molecule has 1 aliphatic rings. The Balaban J connectivity index is 2.00. The van der Waals surface area contributed by atoms with Crippen LogP contribution in [0.25, 0.3) is 0 Å². The summed E-state index contributed by atoms with van der Waals surface area (Å²) in [6.07, 6.45) is 3.40. The second-order valence-electron chi connectivity index (χ2n) is 4.90. The van der Waals surface area contributed by atoms with Crippen molar-refractivity contribution >= 4 is 21.4 Å². The quantitative estimate of drug-likeness (QED) is 0.914. The standard InChI is InChI=1S/C14H17N3O3S2/c1-20-13-4-8-21-14(13)22(18,19)17-7-6-16-10-12(17)11-3-2-5-15-9-11/h2-5,8-9,12,16H,6-7,10H2,1H3. The highest BCUT2D eigenvalue weighted by Gasteiger charge is 2.36. The topological polar surface area (TPSA) is 71.5 Å². The third-order valence-corrected chi connectivity index (χ3v) is 6.95. The van der Waals surface area contributed by atoms with Gasteiger partial charge in [-0.2, -0.15) is 4.31 Å². The Hall–Kier alpha value is -1.48. The number of sulfonamides is 1. The number of rotatable bonds is 4. The zero-order chi connectivity index (χ0) is 15.6. The van der Waals surface area contributed by atoms with Crippen LogP contribution in [0.4, 0.5) is 0 Å². The maximum Gasteiger partial charge on any atom is 0.256 e. The summed E-state index contributed by atoms with van der Waals surface area (Å²) in [7, 11) is -2.12. The van der Waals surface area contributed by atoms with E-state index in [-0.39, 0.29) is 10.3 Å². The summed E-state index contributed by atoms with van der Waals surface area (Å²) in [5.74, 6) is 0.397. The van der Waals surface area contributed by atoms with Gasteiger partial charge in [0.15, 0.2) is 4.21 Å². The van der Waals surface area contributed by atoms with E-state index < -0.39 is 10.0 Å². The van der Waals surface area contributed by atoms with Gasteiger partial charge in [-0.1, -0.05) is 6.07 Å². The molecule has 22 heavy (non-hydrogen) atoms. The molecule has 1 atom stereocenters. The molecule has 2 aromatic rings. The Labute approximate surface area is 133 Å². The van der Waals surface area contributed by atoms with Crippen LogP contribution in [0.3, 0.4) is 0 Å². The SMILES string of the molecule is COc1ccsc1S(=O)(=O)N1CCNCC1c1cccnc1. The fourth-order valence-corrected chi connectivity index (χ4v) is 5.56. The molecule has 8 heteroatoms. The lowest BCUT2D eigenvalue weighted by Gasteiger charge is -2.35. The number of pyridine rings is 1. The van der Waals surface area contributed by atoms with Gasteiger partial charge in [0.05, 0.1) is 13.2 Å². The Morgan fingerprint density at radius 3 is 3.05 bits per heavy atom. The third kappa shape index (κ3) is 2.74. The molecule has 118 valence electrons. The van der Waals surface area contributed by atoms with Gasteiger partial charge in [-0.15, -0.1) is 11.3 Å². The number of aromatic nitrogens is 1. The van der Waals surface area contributed by atoms with E-state index in [0.717, 1.165) is 5.56 Å². The predicted molar refractivity (Wildman–Crippen MR) is 84.6 cm³/mol. The maximum absolute atomic E-state index is 13.0. The van der Waals surface area contributed by atoms with E-state index in [9.17, 15) is 8.42 Å². The van der Waals surface area contributed by atoms with Crippen LogP contribution in [0.15, 0.2) is 40.2 Å². The molecule has 0 aromatic carbocycles. The summed E-state index contributed by atoms with van der Waals surface area (Å²) in [6.45, 7) is 1.62. The van der Waals surface area contributed by atoms with Crippen LogP contribution in [0.1, 0.15) is 11.6 Å². The second kappa shape index (κ2) is 6.33. The van der Waals surface area contributed by atoms with Gasteiger partial charge in [-0.05, 0) is 23.1 Å². The normalized spacial score (nSPS) is 20.0. The number of hydrogen-bond acceptors (Lipinski definition) is 6. The molecule has 3 heterocycles. The molecule has 0 aliphatic carbocycles. The van der Waals surface area contributed by atoms with Crippen LogP contribution in [0, 0.1) is 0 Å². The molecule has 1 unspecified atom stereocenters. The zero-order valence-corrected chi connectivity index (χ0v) is 13.7. The van der Waals surface area contributed by atoms with Crippen LogP contribution in [-0.2, 0) is 10.0 Å². The van der Waals surface area contributed by atoms with E-state index in [1.165, 1.54) is 22.8 Å². The molecular formula is C14H17N3O3S2. The van der Waals surface area contributed by atoms with Crippen molar-refractivity contribution in [2.45, 2.75) is 10.3 Å². The minimum absolute atomic E-state index is 0.255.